The molecular formula is C13H21NO4. The Morgan fingerprint density at radius 3 is 2.50 bits per heavy atom. The van der Waals surface area contributed by atoms with Gasteiger partial charge in [-0.3, -0.25) is 19.7 Å². The third kappa shape index (κ3) is 3.82. The molecular weight excluding hydrogens is 234 g/mol. The number of imide groups is 1. The minimum atomic E-state index is -0.859. The summed E-state index contributed by atoms with van der Waals surface area (Å²) >= 11 is 0. The summed E-state index contributed by atoms with van der Waals surface area (Å²) in [5.41, 5.74) is -0.629. The number of hydrogen-bond acceptors (Lipinski definition) is 4. The first-order valence-electron chi connectivity index (χ1n) is 6.31. The highest BCUT2D eigenvalue weighted by Crippen LogP contribution is 2.28. The molecule has 1 aliphatic rings. The molecule has 1 fully saturated rings. The highest BCUT2D eigenvalue weighted by atomic mass is 16.6. The summed E-state index contributed by atoms with van der Waals surface area (Å²) in [4.78, 5) is 35.1. The molecule has 0 saturated carbocycles. The Morgan fingerprint density at radius 2 is 2.00 bits per heavy atom. The van der Waals surface area contributed by atoms with Crippen LogP contribution in [0.5, 0.6) is 0 Å². The molecule has 1 saturated heterocycles. The molecule has 0 aliphatic carbocycles. The van der Waals surface area contributed by atoms with Crippen molar-refractivity contribution in [3.05, 3.63) is 0 Å². The lowest BCUT2D eigenvalue weighted by Crippen LogP contribution is -2.50. The van der Waals surface area contributed by atoms with Gasteiger partial charge in [0, 0.05) is 6.42 Å². The van der Waals surface area contributed by atoms with Crippen LogP contribution in [0.4, 0.5) is 0 Å². The van der Waals surface area contributed by atoms with E-state index in [9.17, 15) is 14.4 Å². The predicted molar refractivity (Wildman–Crippen MR) is 65.5 cm³/mol. The molecule has 0 aromatic heterocycles. The van der Waals surface area contributed by atoms with Crippen molar-refractivity contribution in [3.63, 3.8) is 0 Å². The van der Waals surface area contributed by atoms with Crippen molar-refractivity contribution in [1.29, 1.82) is 0 Å². The van der Waals surface area contributed by atoms with Crippen molar-refractivity contribution in [2.45, 2.75) is 52.6 Å². The first-order valence-corrected chi connectivity index (χ1v) is 6.31. The van der Waals surface area contributed by atoms with Crippen LogP contribution in [0.25, 0.3) is 0 Å². The number of carbonyl (C=O) groups excluding carboxylic acids is 3. The fourth-order valence-corrected chi connectivity index (χ4v) is 2.14. The predicted octanol–water partition coefficient (Wildman–Crippen LogP) is 1.41. The molecule has 1 heterocycles. The zero-order chi connectivity index (χ0) is 13.9. The first kappa shape index (κ1) is 14.7. The van der Waals surface area contributed by atoms with Gasteiger partial charge >= 0.3 is 5.97 Å². The lowest BCUT2D eigenvalue weighted by Gasteiger charge is -2.30. The summed E-state index contributed by atoms with van der Waals surface area (Å²) < 4.78 is 5.25. The van der Waals surface area contributed by atoms with E-state index in [1.807, 2.05) is 6.92 Å². The van der Waals surface area contributed by atoms with Gasteiger partial charge < -0.3 is 4.74 Å². The molecule has 1 N–H and O–H groups in total. The quantitative estimate of drug-likeness (QED) is 0.470. The van der Waals surface area contributed by atoms with Gasteiger partial charge in [0.05, 0.1) is 0 Å². The van der Waals surface area contributed by atoms with Crippen molar-refractivity contribution in [2.75, 3.05) is 0 Å². The van der Waals surface area contributed by atoms with Crippen LogP contribution in [0.15, 0.2) is 0 Å². The van der Waals surface area contributed by atoms with Gasteiger partial charge in [0.15, 0.2) is 0 Å². The average molecular weight is 255 g/mol. The van der Waals surface area contributed by atoms with Gasteiger partial charge in [0.1, 0.15) is 11.5 Å². The summed E-state index contributed by atoms with van der Waals surface area (Å²) in [5.74, 6) is -2.48. The lowest BCUT2D eigenvalue weighted by atomic mass is 9.82. The first-order chi connectivity index (χ1) is 8.24. The molecule has 2 atom stereocenters. The van der Waals surface area contributed by atoms with Crippen LogP contribution in [0.2, 0.25) is 0 Å². The number of ether oxygens (including phenoxy) is 1. The molecule has 2 amide bonds. The van der Waals surface area contributed by atoms with Gasteiger partial charge in [-0.05, 0) is 33.1 Å². The van der Waals surface area contributed by atoms with E-state index in [4.69, 9.17) is 4.74 Å². The van der Waals surface area contributed by atoms with E-state index in [1.54, 1.807) is 20.8 Å². The average Bonchev–Trinajstić information content (AvgIpc) is 2.13. The molecule has 102 valence electrons. The number of rotatable bonds is 3. The topological polar surface area (TPSA) is 72.5 Å². The second-order valence-electron chi connectivity index (χ2n) is 5.68. The van der Waals surface area contributed by atoms with Crippen LogP contribution < -0.4 is 5.32 Å². The van der Waals surface area contributed by atoms with E-state index in [0.717, 1.165) is 6.42 Å². The zero-order valence-electron chi connectivity index (χ0n) is 11.4. The van der Waals surface area contributed by atoms with Crippen molar-refractivity contribution < 1.29 is 19.1 Å². The Hall–Kier alpha value is -1.39. The number of esters is 1. The summed E-state index contributed by atoms with van der Waals surface area (Å²) in [6, 6.07) is 0. The highest BCUT2D eigenvalue weighted by Gasteiger charge is 2.42. The highest BCUT2D eigenvalue weighted by molar-refractivity contribution is 6.07. The second-order valence-corrected chi connectivity index (χ2v) is 5.68. The van der Waals surface area contributed by atoms with Crippen LogP contribution in [-0.2, 0) is 19.1 Å². The molecule has 0 unspecified atom stereocenters. The molecule has 5 nitrogen and oxygen atoms in total. The van der Waals surface area contributed by atoms with Crippen molar-refractivity contribution in [3.8, 4) is 0 Å². The van der Waals surface area contributed by atoms with E-state index >= 15 is 0 Å². The van der Waals surface area contributed by atoms with Gasteiger partial charge in [-0.15, -0.1) is 0 Å². The lowest BCUT2D eigenvalue weighted by molar-refractivity contribution is -0.166. The molecule has 0 aromatic rings. The third-order valence-electron chi connectivity index (χ3n) is 2.78. The minimum Gasteiger partial charge on any atom is -0.459 e. The normalized spacial score (nSPS) is 24.7. The fourth-order valence-electron chi connectivity index (χ4n) is 2.14. The maximum Gasteiger partial charge on any atom is 0.319 e. The summed E-state index contributed by atoms with van der Waals surface area (Å²) in [7, 11) is 0. The Labute approximate surface area is 107 Å². The van der Waals surface area contributed by atoms with Gasteiger partial charge in [-0.1, -0.05) is 13.3 Å². The van der Waals surface area contributed by atoms with E-state index in [-0.39, 0.29) is 18.2 Å². The Kier molecular flexibility index (Phi) is 4.48. The fraction of sp³-hybridized carbons (Fsp3) is 0.769. The molecule has 5 heteroatoms. The van der Waals surface area contributed by atoms with Crippen LogP contribution in [0.1, 0.15) is 47.0 Å². The summed E-state index contributed by atoms with van der Waals surface area (Å²) in [5, 5.41) is 2.21. The number of piperidine rings is 1. The van der Waals surface area contributed by atoms with Gasteiger partial charge in [0.2, 0.25) is 11.8 Å². The maximum absolute atomic E-state index is 12.0. The van der Waals surface area contributed by atoms with Gasteiger partial charge in [0.25, 0.3) is 0 Å². The second kappa shape index (κ2) is 5.50. The van der Waals surface area contributed by atoms with E-state index in [1.165, 1.54) is 0 Å². The third-order valence-corrected chi connectivity index (χ3v) is 2.78. The van der Waals surface area contributed by atoms with E-state index in [0.29, 0.717) is 6.42 Å². The van der Waals surface area contributed by atoms with Crippen LogP contribution >= 0.6 is 0 Å². The Morgan fingerprint density at radius 1 is 1.39 bits per heavy atom. The molecule has 0 spiro atoms. The van der Waals surface area contributed by atoms with Crippen LogP contribution in [-0.4, -0.2) is 23.4 Å². The monoisotopic (exact) mass is 255 g/mol. The van der Waals surface area contributed by atoms with Crippen molar-refractivity contribution in [1.82, 2.24) is 5.32 Å². The SMILES string of the molecule is CCC[C@H]1CC(=O)NC(=O)[C@@H]1C(=O)OC(C)(C)C. The molecule has 0 bridgehead atoms. The molecule has 0 radical (unpaired) electrons. The largest absolute Gasteiger partial charge is 0.459 e. The number of carbonyl (C=O) groups is 3. The van der Waals surface area contributed by atoms with E-state index in [2.05, 4.69) is 5.32 Å². The summed E-state index contributed by atoms with van der Waals surface area (Å²) in [6.07, 6.45) is 1.71. The molecule has 18 heavy (non-hydrogen) atoms. The molecule has 1 rings (SSSR count). The number of nitrogens with one attached hydrogen (secondary N) is 1. The van der Waals surface area contributed by atoms with Gasteiger partial charge in [-0.2, -0.15) is 0 Å². The number of amides is 2. The Balaban J connectivity index is 2.84. The molecule has 1 aliphatic heterocycles. The molecule has 0 aromatic carbocycles. The smallest absolute Gasteiger partial charge is 0.319 e. The van der Waals surface area contributed by atoms with Gasteiger partial charge in [-0.25, -0.2) is 0 Å². The Bertz CT molecular complexity index is 356. The van der Waals surface area contributed by atoms with E-state index < -0.39 is 23.4 Å². The summed E-state index contributed by atoms with van der Waals surface area (Å²) in [6.45, 7) is 7.23. The zero-order valence-corrected chi connectivity index (χ0v) is 11.4. The van der Waals surface area contributed by atoms with Crippen LogP contribution in [0, 0.1) is 11.8 Å². The minimum absolute atomic E-state index is 0.212. The number of hydrogen-bond donors (Lipinski definition) is 1. The van der Waals surface area contributed by atoms with Crippen molar-refractivity contribution in [2.24, 2.45) is 11.8 Å². The maximum atomic E-state index is 12.0. The van der Waals surface area contributed by atoms with Crippen molar-refractivity contribution >= 4 is 17.8 Å². The van der Waals surface area contributed by atoms with Crippen LogP contribution in [0.3, 0.4) is 0 Å². The standard InChI is InChI=1S/C13H21NO4/c1-5-6-8-7-9(15)14-11(16)10(8)12(17)18-13(2,3)4/h8,10H,5-7H2,1-4H3,(H,14,15,16)/t8-,10+/m0/s1.